The number of halogens is 3. The maximum Gasteiger partial charge on any atom is 0.243 e. The minimum Gasteiger partial charge on any atom is -0.497 e. The Labute approximate surface area is 217 Å². The Balaban J connectivity index is 1.39. The van der Waals surface area contributed by atoms with Crippen LogP contribution in [-0.4, -0.2) is 25.5 Å². The average molecular weight is 535 g/mol. The molecule has 1 fully saturated rings. The molecule has 1 aliphatic heterocycles. The first-order valence-electron chi connectivity index (χ1n) is 10.7. The molecule has 0 aromatic heterocycles. The lowest BCUT2D eigenvalue weighted by Crippen LogP contribution is -2.36. The van der Waals surface area contributed by atoms with E-state index in [9.17, 15) is 9.59 Å². The van der Waals surface area contributed by atoms with Gasteiger partial charge in [0.2, 0.25) is 11.8 Å². The van der Waals surface area contributed by atoms with Gasteiger partial charge in [-0.3, -0.25) is 20.4 Å². The molecule has 0 radical (unpaired) electrons. The van der Waals surface area contributed by atoms with Crippen molar-refractivity contribution in [2.45, 2.75) is 13.0 Å². The maximum atomic E-state index is 12.8. The molecule has 0 saturated carbocycles. The highest BCUT2D eigenvalue weighted by atomic mass is 35.5. The molecule has 7 nitrogen and oxygen atoms in total. The summed E-state index contributed by atoms with van der Waals surface area (Å²) in [6.07, 6.45) is 0.101. The lowest BCUT2D eigenvalue weighted by molar-refractivity contribution is -0.125. The molecular formula is C25H22Cl3N3O4. The van der Waals surface area contributed by atoms with E-state index in [0.717, 1.165) is 0 Å². The number of nitrogens with zero attached hydrogens (tertiary/aromatic N) is 1. The van der Waals surface area contributed by atoms with E-state index >= 15 is 0 Å². The Hall–Kier alpha value is -3.13. The van der Waals surface area contributed by atoms with Crippen molar-refractivity contribution in [1.29, 1.82) is 0 Å². The Morgan fingerprint density at radius 2 is 1.77 bits per heavy atom. The lowest BCUT2D eigenvalue weighted by atomic mass is 10.1. The van der Waals surface area contributed by atoms with Crippen LogP contribution in [0.2, 0.25) is 15.1 Å². The van der Waals surface area contributed by atoms with Crippen LogP contribution in [0.25, 0.3) is 0 Å². The average Bonchev–Trinajstić information content (AvgIpc) is 3.25. The summed E-state index contributed by atoms with van der Waals surface area (Å²) in [6.45, 7) is 0.388. The topological polar surface area (TPSA) is 79.9 Å². The predicted octanol–water partition coefficient (Wildman–Crippen LogP) is 5.73. The number of nitrogens with one attached hydrogen (secondary N) is 2. The summed E-state index contributed by atoms with van der Waals surface area (Å²) in [5.41, 5.74) is 7.32. The molecule has 3 aromatic rings. The molecule has 10 heteroatoms. The highest BCUT2D eigenvalue weighted by Gasteiger charge is 2.35. The number of benzene rings is 3. The maximum absolute atomic E-state index is 12.8. The summed E-state index contributed by atoms with van der Waals surface area (Å²) < 4.78 is 11.1. The van der Waals surface area contributed by atoms with Crippen LogP contribution in [0.5, 0.6) is 11.5 Å². The molecule has 3 aromatic carbocycles. The van der Waals surface area contributed by atoms with Crippen LogP contribution in [0, 0.1) is 5.92 Å². The van der Waals surface area contributed by atoms with Gasteiger partial charge in [0.1, 0.15) is 18.1 Å². The van der Waals surface area contributed by atoms with E-state index in [1.165, 1.54) is 0 Å². The summed E-state index contributed by atoms with van der Waals surface area (Å²) in [6, 6.07) is 17.3. The fraction of sp³-hybridized carbons (Fsp3) is 0.200. The fourth-order valence-electron chi connectivity index (χ4n) is 3.67. The van der Waals surface area contributed by atoms with Gasteiger partial charge < -0.3 is 14.4 Å². The van der Waals surface area contributed by atoms with E-state index < -0.39 is 5.92 Å². The second-order valence-corrected chi connectivity index (χ2v) is 9.10. The van der Waals surface area contributed by atoms with E-state index in [-0.39, 0.29) is 31.4 Å². The van der Waals surface area contributed by atoms with Crippen molar-refractivity contribution in [3.63, 3.8) is 0 Å². The van der Waals surface area contributed by atoms with Crippen LogP contribution in [0.3, 0.4) is 0 Å². The van der Waals surface area contributed by atoms with E-state index in [2.05, 4.69) is 10.9 Å². The lowest BCUT2D eigenvalue weighted by Gasteiger charge is -2.18. The monoisotopic (exact) mass is 533 g/mol. The minimum absolute atomic E-state index is 0.101. The molecule has 2 N–H and O–H groups in total. The third-order valence-corrected chi connectivity index (χ3v) is 6.52. The molecule has 1 atom stereocenters. The van der Waals surface area contributed by atoms with Crippen LogP contribution in [0.1, 0.15) is 12.0 Å². The Bertz CT molecular complexity index is 1220. The third kappa shape index (κ3) is 5.93. The number of anilines is 2. The molecule has 182 valence electrons. The van der Waals surface area contributed by atoms with Gasteiger partial charge in [0.05, 0.1) is 18.7 Å². The summed E-state index contributed by atoms with van der Waals surface area (Å²) in [5.74, 6) is 0.152. The number of hydrogen-bond acceptors (Lipinski definition) is 5. The SMILES string of the molecule is COc1ccc(N2C[C@H](C(=O)NNc3cc(Cl)ccc3OCc3c(Cl)cccc3Cl)CC2=O)cc1. The smallest absolute Gasteiger partial charge is 0.243 e. The molecule has 1 heterocycles. The number of hydrazine groups is 1. The molecule has 1 aliphatic rings. The second kappa shape index (κ2) is 11.1. The Morgan fingerprint density at radius 1 is 1.06 bits per heavy atom. The van der Waals surface area contributed by atoms with Crippen molar-refractivity contribution in [3.05, 3.63) is 81.3 Å². The number of methoxy groups -OCH3 is 1. The highest BCUT2D eigenvalue weighted by Crippen LogP contribution is 2.31. The molecule has 35 heavy (non-hydrogen) atoms. The number of rotatable bonds is 8. The summed E-state index contributed by atoms with van der Waals surface area (Å²) in [7, 11) is 1.58. The highest BCUT2D eigenvalue weighted by molar-refractivity contribution is 6.36. The molecular weight excluding hydrogens is 513 g/mol. The minimum atomic E-state index is -0.525. The van der Waals surface area contributed by atoms with Gasteiger partial charge in [0.15, 0.2) is 0 Å². The first-order valence-corrected chi connectivity index (χ1v) is 11.8. The fourth-order valence-corrected chi connectivity index (χ4v) is 4.35. The number of hydrogen-bond donors (Lipinski definition) is 2. The van der Waals surface area contributed by atoms with Gasteiger partial charge in [-0.25, -0.2) is 0 Å². The Kier molecular flexibility index (Phi) is 7.90. The standard InChI is InChI=1S/C25H22Cl3N3O4/c1-34-18-8-6-17(7-9-18)31-13-15(11-24(31)32)25(33)30-29-22-12-16(26)5-10-23(22)35-14-19-20(27)3-2-4-21(19)28/h2-10,12,15,29H,11,13-14H2,1H3,(H,30,33)/t15-/m1/s1. The van der Waals surface area contributed by atoms with Gasteiger partial charge in [-0.1, -0.05) is 40.9 Å². The van der Waals surface area contributed by atoms with Gasteiger partial charge in [0, 0.05) is 39.3 Å². The van der Waals surface area contributed by atoms with Crippen LogP contribution >= 0.6 is 34.8 Å². The molecule has 4 rings (SSSR count). The third-order valence-electron chi connectivity index (χ3n) is 5.58. The van der Waals surface area contributed by atoms with Gasteiger partial charge in [-0.15, -0.1) is 0 Å². The van der Waals surface area contributed by atoms with E-state index in [1.54, 1.807) is 72.7 Å². The van der Waals surface area contributed by atoms with Gasteiger partial charge in [-0.2, -0.15) is 0 Å². The van der Waals surface area contributed by atoms with Crippen LogP contribution in [0.15, 0.2) is 60.7 Å². The van der Waals surface area contributed by atoms with E-state index in [4.69, 9.17) is 44.3 Å². The van der Waals surface area contributed by atoms with Crippen LogP contribution in [-0.2, 0) is 16.2 Å². The zero-order valence-electron chi connectivity index (χ0n) is 18.7. The summed E-state index contributed by atoms with van der Waals surface area (Å²) >= 11 is 18.6. The van der Waals surface area contributed by atoms with Crippen molar-refractivity contribution in [2.24, 2.45) is 5.92 Å². The number of carbonyl (C=O) groups is 2. The number of amides is 2. The summed E-state index contributed by atoms with van der Waals surface area (Å²) in [4.78, 5) is 26.9. The number of carbonyl (C=O) groups excluding carboxylic acids is 2. The number of ether oxygens (including phenoxy) is 2. The molecule has 0 aliphatic carbocycles. The first-order chi connectivity index (χ1) is 16.9. The molecule has 1 saturated heterocycles. The van der Waals surface area contributed by atoms with Crippen molar-refractivity contribution in [1.82, 2.24) is 5.43 Å². The molecule has 0 bridgehead atoms. The zero-order chi connectivity index (χ0) is 24.9. The van der Waals surface area contributed by atoms with E-state index in [0.29, 0.717) is 43.5 Å². The normalized spacial score (nSPS) is 15.1. The molecule has 0 spiro atoms. The van der Waals surface area contributed by atoms with Crippen molar-refractivity contribution >= 4 is 58.0 Å². The van der Waals surface area contributed by atoms with Gasteiger partial charge in [0.25, 0.3) is 0 Å². The largest absolute Gasteiger partial charge is 0.497 e. The van der Waals surface area contributed by atoms with Gasteiger partial charge >= 0.3 is 0 Å². The van der Waals surface area contributed by atoms with Crippen molar-refractivity contribution < 1.29 is 19.1 Å². The summed E-state index contributed by atoms with van der Waals surface area (Å²) in [5, 5.41) is 1.43. The van der Waals surface area contributed by atoms with Crippen LogP contribution in [0.4, 0.5) is 11.4 Å². The Morgan fingerprint density at radius 3 is 2.46 bits per heavy atom. The van der Waals surface area contributed by atoms with Crippen molar-refractivity contribution in [2.75, 3.05) is 24.0 Å². The van der Waals surface area contributed by atoms with Crippen molar-refractivity contribution in [3.8, 4) is 11.5 Å². The van der Waals surface area contributed by atoms with Crippen LogP contribution < -0.4 is 25.2 Å². The quantitative estimate of drug-likeness (QED) is 0.361. The van der Waals surface area contributed by atoms with E-state index in [1.807, 2.05) is 0 Å². The second-order valence-electron chi connectivity index (χ2n) is 7.85. The molecule has 2 amide bonds. The zero-order valence-corrected chi connectivity index (χ0v) is 21.0. The van der Waals surface area contributed by atoms with Gasteiger partial charge in [-0.05, 0) is 54.6 Å². The predicted molar refractivity (Wildman–Crippen MR) is 137 cm³/mol. The molecule has 0 unspecified atom stereocenters. The first kappa shape index (κ1) is 25.0.